The van der Waals surface area contributed by atoms with Gasteiger partial charge in [0.1, 0.15) is 0 Å². The maximum Gasteiger partial charge on any atom is 0.243 e. The molecule has 0 aromatic heterocycles. The van der Waals surface area contributed by atoms with Gasteiger partial charge in [-0.1, -0.05) is 49.6 Å². The Kier molecular flexibility index (Phi) is 8.16. The molecule has 1 fully saturated rings. The standard InChI is InChI=1S/C21H33N3O/c1-23(2)15-9-14-21(25)22-16-18-10-7-8-11-19(18)17-24(3)20-12-5-4-6-13-20/h7-11,14,20H,4-6,12-13,15-17H2,1-3H3,(H,22,25)/b14-9+. The van der Waals surface area contributed by atoms with E-state index >= 15 is 0 Å². The van der Waals surface area contributed by atoms with Crippen molar-refractivity contribution in [2.75, 3.05) is 27.7 Å². The Morgan fingerprint density at radius 3 is 2.48 bits per heavy atom. The minimum Gasteiger partial charge on any atom is -0.348 e. The van der Waals surface area contributed by atoms with Crippen molar-refractivity contribution in [3.8, 4) is 0 Å². The van der Waals surface area contributed by atoms with Crippen molar-refractivity contribution in [3.05, 3.63) is 47.5 Å². The quantitative estimate of drug-likeness (QED) is 0.737. The van der Waals surface area contributed by atoms with Crippen LogP contribution in [-0.2, 0) is 17.9 Å². The largest absolute Gasteiger partial charge is 0.348 e. The summed E-state index contributed by atoms with van der Waals surface area (Å²) in [5, 5.41) is 3.00. The van der Waals surface area contributed by atoms with Gasteiger partial charge < -0.3 is 10.2 Å². The highest BCUT2D eigenvalue weighted by Gasteiger charge is 2.18. The molecule has 1 saturated carbocycles. The molecule has 0 bridgehead atoms. The summed E-state index contributed by atoms with van der Waals surface area (Å²) in [6.45, 7) is 2.31. The average molecular weight is 344 g/mol. The molecule has 1 aromatic rings. The summed E-state index contributed by atoms with van der Waals surface area (Å²) in [6, 6.07) is 9.14. The van der Waals surface area contributed by atoms with E-state index < -0.39 is 0 Å². The Morgan fingerprint density at radius 1 is 1.12 bits per heavy atom. The molecule has 25 heavy (non-hydrogen) atoms. The van der Waals surface area contributed by atoms with Gasteiger partial charge in [0.15, 0.2) is 0 Å². The molecule has 1 aliphatic carbocycles. The maximum atomic E-state index is 12.0. The molecule has 1 N–H and O–H groups in total. The van der Waals surface area contributed by atoms with Crippen molar-refractivity contribution in [2.24, 2.45) is 0 Å². The first-order valence-corrected chi connectivity index (χ1v) is 9.42. The van der Waals surface area contributed by atoms with Crippen molar-refractivity contribution in [2.45, 2.75) is 51.2 Å². The minimum absolute atomic E-state index is 0.0303. The molecule has 1 aliphatic rings. The minimum atomic E-state index is -0.0303. The van der Waals surface area contributed by atoms with Crippen LogP contribution in [0.4, 0.5) is 0 Å². The lowest BCUT2D eigenvalue weighted by Gasteiger charge is -2.31. The topological polar surface area (TPSA) is 35.6 Å². The van der Waals surface area contributed by atoms with Crippen LogP contribution in [0.3, 0.4) is 0 Å². The summed E-state index contributed by atoms with van der Waals surface area (Å²) >= 11 is 0. The van der Waals surface area contributed by atoms with Crippen LogP contribution in [0.5, 0.6) is 0 Å². The van der Waals surface area contributed by atoms with Crippen LogP contribution < -0.4 is 5.32 Å². The number of likely N-dealkylation sites (N-methyl/N-ethyl adjacent to an activating group) is 1. The van der Waals surface area contributed by atoms with E-state index in [-0.39, 0.29) is 5.91 Å². The van der Waals surface area contributed by atoms with Gasteiger partial charge in [-0.3, -0.25) is 9.69 Å². The molecule has 2 rings (SSSR count). The Labute approximate surface area is 152 Å². The van der Waals surface area contributed by atoms with E-state index in [1.54, 1.807) is 6.08 Å². The van der Waals surface area contributed by atoms with Crippen LogP contribution in [0.2, 0.25) is 0 Å². The van der Waals surface area contributed by atoms with E-state index in [9.17, 15) is 4.79 Å². The number of hydrogen-bond donors (Lipinski definition) is 1. The lowest BCUT2D eigenvalue weighted by molar-refractivity contribution is -0.116. The first kappa shape index (κ1) is 19.7. The van der Waals surface area contributed by atoms with Gasteiger partial charge in [-0.25, -0.2) is 0 Å². The maximum absolute atomic E-state index is 12.0. The normalized spacial score (nSPS) is 16.0. The van der Waals surface area contributed by atoms with E-state index in [0.717, 1.165) is 13.1 Å². The van der Waals surface area contributed by atoms with Crippen LogP contribution in [0.25, 0.3) is 0 Å². The monoisotopic (exact) mass is 343 g/mol. The second-order valence-corrected chi connectivity index (χ2v) is 7.36. The number of nitrogens with zero attached hydrogens (tertiary/aromatic N) is 2. The number of benzene rings is 1. The fourth-order valence-corrected chi connectivity index (χ4v) is 3.42. The van der Waals surface area contributed by atoms with Gasteiger partial charge in [0, 0.05) is 31.8 Å². The summed E-state index contributed by atoms with van der Waals surface area (Å²) in [4.78, 5) is 16.5. The molecule has 0 saturated heterocycles. The third-order valence-electron chi connectivity index (χ3n) is 4.93. The van der Waals surface area contributed by atoms with Crippen molar-refractivity contribution in [1.29, 1.82) is 0 Å². The van der Waals surface area contributed by atoms with E-state index in [0.29, 0.717) is 12.6 Å². The average Bonchev–Trinajstić information content (AvgIpc) is 2.61. The highest BCUT2D eigenvalue weighted by atomic mass is 16.1. The van der Waals surface area contributed by atoms with Crippen LogP contribution in [0.1, 0.15) is 43.2 Å². The summed E-state index contributed by atoms with van der Waals surface area (Å²) in [6.07, 6.45) is 10.2. The highest BCUT2D eigenvalue weighted by molar-refractivity contribution is 5.87. The second-order valence-electron chi connectivity index (χ2n) is 7.36. The molecular weight excluding hydrogens is 310 g/mol. The summed E-state index contributed by atoms with van der Waals surface area (Å²) in [5.74, 6) is -0.0303. The Bertz CT molecular complexity index is 562. The molecule has 0 aliphatic heterocycles. The molecule has 1 aromatic carbocycles. The van der Waals surface area contributed by atoms with Crippen LogP contribution in [0, 0.1) is 0 Å². The highest BCUT2D eigenvalue weighted by Crippen LogP contribution is 2.23. The van der Waals surface area contributed by atoms with Crippen LogP contribution in [-0.4, -0.2) is 49.4 Å². The molecule has 4 heteroatoms. The number of amides is 1. The molecule has 0 heterocycles. The van der Waals surface area contributed by atoms with Crippen molar-refractivity contribution >= 4 is 5.91 Å². The van der Waals surface area contributed by atoms with Crippen molar-refractivity contribution in [3.63, 3.8) is 0 Å². The van der Waals surface area contributed by atoms with Gasteiger partial charge in [0.25, 0.3) is 0 Å². The summed E-state index contributed by atoms with van der Waals surface area (Å²) < 4.78 is 0. The molecular formula is C21H33N3O. The van der Waals surface area contributed by atoms with Gasteiger partial charge in [-0.05, 0) is 45.1 Å². The second kappa shape index (κ2) is 10.4. The third-order valence-corrected chi connectivity index (χ3v) is 4.93. The Balaban J connectivity index is 1.89. The number of rotatable bonds is 8. The number of carbonyl (C=O) groups is 1. The van der Waals surface area contributed by atoms with E-state index in [2.05, 4.69) is 35.5 Å². The van der Waals surface area contributed by atoms with Gasteiger partial charge in [-0.15, -0.1) is 0 Å². The zero-order chi connectivity index (χ0) is 18.1. The van der Waals surface area contributed by atoms with Crippen LogP contribution in [0.15, 0.2) is 36.4 Å². The SMILES string of the molecule is CN(C)C/C=C/C(=O)NCc1ccccc1CN(C)C1CCCCC1. The Morgan fingerprint density at radius 2 is 1.80 bits per heavy atom. The zero-order valence-electron chi connectivity index (χ0n) is 16.0. The Hall–Kier alpha value is -1.65. The van der Waals surface area contributed by atoms with Crippen molar-refractivity contribution < 1.29 is 4.79 Å². The summed E-state index contributed by atoms with van der Waals surface area (Å²) in [7, 11) is 6.21. The smallest absolute Gasteiger partial charge is 0.243 e. The lowest BCUT2D eigenvalue weighted by Crippen LogP contribution is -2.33. The number of nitrogens with one attached hydrogen (secondary N) is 1. The van der Waals surface area contributed by atoms with E-state index in [1.165, 1.54) is 43.2 Å². The van der Waals surface area contributed by atoms with E-state index in [1.807, 2.05) is 31.1 Å². The third kappa shape index (κ3) is 7.00. The van der Waals surface area contributed by atoms with Gasteiger partial charge in [0.05, 0.1) is 0 Å². The fourth-order valence-electron chi connectivity index (χ4n) is 3.42. The van der Waals surface area contributed by atoms with Crippen molar-refractivity contribution in [1.82, 2.24) is 15.1 Å². The predicted octanol–water partition coefficient (Wildman–Crippen LogP) is 3.19. The van der Waals surface area contributed by atoms with Gasteiger partial charge in [0.2, 0.25) is 5.91 Å². The molecule has 0 radical (unpaired) electrons. The zero-order valence-corrected chi connectivity index (χ0v) is 16.0. The molecule has 0 unspecified atom stereocenters. The molecule has 4 nitrogen and oxygen atoms in total. The van der Waals surface area contributed by atoms with Gasteiger partial charge in [-0.2, -0.15) is 0 Å². The van der Waals surface area contributed by atoms with Gasteiger partial charge >= 0.3 is 0 Å². The molecule has 1 amide bonds. The number of hydrogen-bond acceptors (Lipinski definition) is 3. The first-order chi connectivity index (χ1) is 12.1. The summed E-state index contributed by atoms with van der Waals surface area (Å²) in [5.41, 5.74) is 2.52. The predicted molar refractivity (Wildman–Crippen MR) is 104 cm³/mol. The molecule has 0 spiro atoms. The number of carbonyl (C=O) groups excluding carboxylic acids is 1. The lowest BCUT2D eigenvalue weighted by atomic mass is 9.94. The first-order valence-electron chi connectivity index (χ1n) is 9.42. The molecule has 138 valence electrons. The molecule has 0 atom stereocenters. The van der Waals surface area contributed by atoms with Crippen LogP contribution >= 0.6 is 0 Å². The fraction of sp³-hybridized carbons (Fsp3) is 0.571. The van der Waals surface area contributed by atoms with E-state index in [4.69, 9.17) is 0 Å².